The number of carboxylic acid groups (broad SMARTS) is 1. The number of nitrogens with one attached hydrogen (secondary N) is 1. The molecule has 0 atom stereocenters. The molecule has 5 nitrogen and oxygen atoms in total. The van der Waals surface area contributed by atoms with Crippen molar-refractivity contribution in [3.8, 4) is 11.3 Å². The summed E-state index contributed by atoms with van der Waals surface area (Å²) in [6.45, 7) is 0. The number of hydrogen-bond donors (Lipinski definition) is 3. The lowest BCUT2D eigenvalue weighted by Crippen LogP contribution is -2.50. The lowest BCUT2D eigenvalue weighted by molar-refractivity contribution is -0.153. The largest absolute Gasteiger partial charge is 0.481 e. The van der Waals surface area contributed by atoms with Crippen molar-refractivity contribution in [3.05, 3.63) is 42.1 Å². The third-order valence-electron chi connectivity index (χ3n) is 3.74. The Morgan fingerprint density at radius 2 is 2.00 bits per heavy atom. The summed E-state index contributed by atoms with van der Waals surface area (Å²) in [4.78, 5) is 11.4. The van der Waals surface area contributed by atoms with Crippen LogP contribution < -0.4 is 0 Å². The number of H-pyrrole nitrogens is 1. The van der Waals surface area contributed by atoms with Gasteiger partial charge in [-0.2, -0.15) is 5.10 Å². The standard InChI is InChI=1S/C14H14N2O3/c17-10-7-14(8-10,13(18)19)12-6-11(15-16-12)9-4-2-1-3-5-9/h1-6,10,17H,7-8H2,(H,15,16)(H,18,19). The Morgan fingerprint density at radius 3 is 2.58 bits per heavy atom. The van der Waals surface area contributed by atoms with Gasteiger partial charge in [0.05, 0.1) is 17.5 Å². The molecule has 0 saturated heterocycles. The number of aliphatic carboxylic acids is 1. The number of benzene rings is 1. The van der Waals surface area contributed by atoms with E-state index in [1.165, 1.54) is 0 Å². The van der Waals surface area contributed by atoms with Gasteiger partial charge in [-0.3, -0.25) is 9.89 Å². The zero-order valence-electron chi connectivity index (χ0n) is 10.2. The molecule has 1 aromatic heterocycles. The molecule has 98 valence electrons. The summed E-state index contributed by atoms with van der Waals surface area (Å²) in [5.41, 5.74) is 1.20. The number of nitrogens with zero attached hydrogens (tertiary/aromatic N) is 1. The maximum absolute atomic E-state index is 11.4. The smallest absolute Gasteiger partial charge is 0.315 e. The van der Waals surface area contributed by atoms with Crippen LogP contribution >= 0.6 is 0 Å². The van der Waals surface area contributed by atoms with Crippen molar-refractivity contribution in [1.29, 1.82) is 0 Å². The van der Waals surface area contributed by atoms with E-state index >= 15 is 0 Å². The van der Waals surface area contributed by atoms with Crippen LogP contribution in [0.1, 0.15) is 18.5 Å². The number of aliphatic hydroxyl groups is 1. The van der Waals surface area contributed by atoms with Crippen molar-refractivity contribution in [2.75, 3.05) is 0 Å². The monoisotopic (exact) mass is 258 g/mol. The lowest BCUT2D eigenvalue weighted by Gasteiger charge is -2.40. The molecule has 5 heteroatoms. The fourth-order valence-electron chi connectivity index (χ4n) is 2.58. The molecule has 3 rings (SSSR count). The van der Waals surface area contributed by atoms with E-state index in [2.05, 4.69) is 10.2 Å². The average molecular weight is 258 g/mol. The van der Waals surface area contributed by atoms with Crippen molar-refractivity contribution in [1.82, 2.24) is 10.2 Å². The lowest BCUT2D eigenvalue weighted by atomic mass is 9.64. The normalized spacial score (nSPS) is 25.8. The number of carbonyl (C=O) groups is 1. The summed E-state index contributed by atoms with van der Waals surface area (Å²) < 4.78 is 0. The molecule has 1 heterocycles. The van der Waals surface area contributed by atoms with Crippen LogP contribution in [-0.2, 0) is 10.2 Å². The van der Waals surface area contributed by atoms with E-state index in [4.69, 9.17) is 0 Å². The second-order valence-corrected chi connectivity index (χ2v) is 4.98. The van der Waals surface area contributed by atoms with E-state index in [0.29, 0.717) is 5.69 Å². The molecule has 3 N–H and O–H groups in total. The molecule has 19 heavy (non-hydrogen) atoms. The van der Waals surface area contributed by atoms with Gasteiger partial charge in [0.1, 0.15) is 5.41 Å². The Hall–Kier alpha value is -2.14. The first kappa shape index (κ1) is 11.9. The molecule has 1 aromatic carbocycles. The molecule has 0 spiro atoms. The first-order valence-electron chi connectivity index (χ1n) is 6.14. The van der Waals surface area contributed by atoms with Crippen LogP contribution in [0.4, 0.5) is 0 Å². The van der Waals surface area contributed by atoms with Crippen molar-refractivity contribution in [3.63, 3.8) is 0 Å². The predicted octanol–water partition coefficient (Wildman–Crippen LogP) is 1.55. The maximum Gasteiger partial charge on any atom is 0.315 e. The van der Waals surface area contributed by atoms with Gasteiger partial charge in [-0.1, -0.05) is 30.3 Å². The minimum atomic E-state index is -1.01. The van der Waals surface area contributed by atoms with Crippen molar-refractivity contribution in [2.45, 2.75) is 24.4 Å². The van der Waals surface area contributed by atoms with E-state index in [0.717, 1.165) is 11.3 Å². The molecule has 0 amide bonds. The van der Waals surface area contributed by atoms with E-state index in [9.17, 15) is 15.0 Å². The highest BCUT2D eigenvalue weighted by atomic mass is 16.4. The molecular weight excluding hydrogens is 244 g/mol. The van der Waals surface area contributed by atoms with Crippen LogP contribution in [0.25, 0.3) is 11.3 Å². The number of rotatable bonds is 3. The summed E-state index contributed by atoms with van der Waals surface area (Å²) in [6.07, 6.45) is -0.0723. The SMILES string of the molecule is O=C(O)C1(c2cc(-c3ccccc3)n[nH]2)CC(O)C1. The summed E-state index contributed by atoms with van der Waals surface area (Å²) in [5, 5.41) is 25.8. The van der Waals surface area contributed by atoms with E-state index in [1.54, 1.807) is 6.07 Å². The van der Waals surface area contributed by atoms with Gasteiger partial charge in [0.2, 0.25) is 0 Å². The van der Waals surface area contributed by atoms with Crippen molar-refractivity contribution in [2.24, 2.45) is 0 Å². The number of aromatic nitrogens is 2. The van der Waals surface area contributed by atoms with Gasteiger partial charge >= 0.3 is 5.97 Å². The molecule has 1 saturated carbocycles. The zero-order chi connectivity index (χ0) is 13.5. The van der Waals surface area contributed by atoms with Gasteiger partial charge < -0.3 is 10.2 Å². The molecular formula is C14H14N2O3. The highest BCUT2D eigenvalue weighted by Crippen LogP contribution is 2.44. The Labute approximate surface area is 109 Å². The van der Waals surface area contributed by atoms with Gasteiger partial charge in [0, 0.05) is 5.56 Å². The minimum Gasteiger partial charge on any atom is -0.481 e. The van der Waals surface area contributed by atoms with E-state index < -0.39 is 17.5 Å². The Morgan fingerprint density at radius 1 is 1.32 bits per heavy atom. The number of aromatic amines is 1. The van der Waals surface area contributed by atoms with Crippen molar-refractivity contribution < 1.29 is 15.0 Å². The number of aliphatic hydroxyl groups excluding tert-OH is 1. The number of hydrogen-bond acceptors (Lipinski definition) is 3. The van der Waals surface area contributed by atoms with Gasteiger partial charge in [-0.25, -0.2) is 0 Å². The third kappa shape index (κ3) is 1.82. The van der Waals surface area contributed by atoms with E-state index in [1.807, 2.05) is 30.3 Å². The van der Waals surface area contributed by atoms with Crippen LogP contribution in [-0.4, -0.2) is 32.5 Å². The highest BCUT2D eigenvalue weighted by Gasteiger charge is 2.52. The topological polar surface area (TPSA) is 86.2 Å². The molecule has 0 radical (unpaired) electrons. The Bertz CT molecular complexity index is 600. The summed E-state index contributed by atoms with van der Waals surface area (Å²) in [6, 6.07) is 11.3. The predicted molar refractivity (Wildman–Crippen MR) is 68.6 cm³/mol. The quantitative estimate of drug-likeness (QED) is 0.779. The maximum atomic E-state index is 11.4. The summed E-state index contributed by atoms with van der Waals surface area (Å²) in [7, 11) is 0. The third-order valence-corrected chi connectivity index (χ3v) is 3.74. The first-order valence-corrected chi connectivity index (χ1v) is 6.14. The fraction of sp³-hybridized carbons (Fsp3) is 0.286. The highest BCUT2D eigenvalue weighted by molar-refractivity contribution is 5.83. The first-order chi connectivity index (χ1) is 9.12. The second-order valence-electron chi connectivity index (χ2n) is 4.98. The van der Waals surface area contributed by atoms with Crippen LogP contribution in [0.5, 0.6) is 0 Å². The molecule has 0 bridgehead atoms. The minimum absolute atomic E-state index is 0.235. The van der Waals surface area contributed by atoms with Gasteiger partial charge in [-0.05, 0) is 18.9 Å². The molecule has 1 fully saturated rings. The Kier molecular flexibility index (Phi) is 2.64. The van der Waals surface area contributed by atoms with Crippen LogP contribution in [0.3, 0.4) is 0 Å². The number of carboxylic acids is 1. The van der Waals surface area contributed by atoms with Crippen LogP contribution in [0, 0.1) is 0 Å². The Balaban J connectivity index is 1.95. The molecule has 2 aromatic rings. The average Bonchev–Trinajstić information content (AvgIpc) is 2.85. The van der Waals surface area contributed by atoms with Crippen molar-refractivity contribution >= 4 is 5.97 Å². The summed E-state index contributed by atoms with van der Waals surface area (Å²) in [5.74, 6) is -0.916. The van der Waals surface area contributed by atoms with Crippen LogP contribution in [0.2, 0.25) is 0 Å². The summed E-state index contributed by atoms with van der Waals surface area (Å²) >= 11 is 0. The second kappa shape index (κ2) is 4.20. The zero-order valence-corrected chi connectivity index (χ0v) is 10.2. The van der Waals surface area contributed by atoms with Gasteiger partial charge in [0.15, 0.2) is 0 Å². The van der Waals surface area contributed by atoms with E-state index in [-0.39, 0.29) is 12.8 Å². The van der Waals surface area contributed by atoms with Gasteiger partial charge in [0.25, 0.3) is 0 Å². The van der Waals surface area contributed by atoms with Crippen LogP contribution in [0.15, 0.2) is 36.4 Å². The van der Waals surface area contributed by atoms with Gasteiger partial charge in [-0.15, -0.1) is 0 Å². The molecule has 1 aliphatic carbocycles. The fourth-order valence-corrected chi connectivity index (χ4v) is 2.58. The molecule has 1 aliphatic rings. The molecule has 0 aliphatic heterocycles. The molecule has 0 unspecified atom stereocenters.